The first kappa shape index (κ1) is 14.3. The van der Waals surface area contributed by atoms with Crippen LogP contribution in [0.4, 0.5) is 0 Å². The molecule has 2 rings (SSSR count). The molecule has 0 fully saturated rings. The van der Waals surface area contributed by atoms with Gasteiger partial charge < -0.3 is 10.1 Å². The summed E-state index contributed by atoms with van der Waals surface area (Å²) >= 11 is 1.88. The Morgan fingerprint density at radius 1 is 1.37 bits per heavy atom. The van der Waals surface area contributed by atoms with Crippen molar-refractivity contribution in [2.24, 2.45) is 10.9 Å². The summed E-state index contributed by atoms with van der Waals surface area (Å²) in [6.07, 6.45) is 1.01. The van der Waals surface area contributed by atoms with Crippen LogP contribution in [0.15, 0.2) is 29.3 Å². The first-order chi connectivity index (χ1) is 9.19. The standard InChI is InChI=1S/C15H22N2OS/c1-11(2)14-10-17-15(19-14)16-9-8-12-4-6-13(18-3)7-5-12/h4-7,11,14H,8-10H2,1-3H3,(H,16,17). The molecule has 1 aliphatic rings. The van der Waals surface area contributed by atoms with Crippen molar-refractivity contribution in [1.82, 2.24) is 5.32 Å². The average Bonchev–Trinajstić information content (AvgIpc) is 2.89. The zero-order valence-electron chi connectivity index (χ0n) is 11.8. The molecular formula is C15H22N2OS. The summed E-state index contributed by atoms with van der Waals surface area (Å²) in [4.78, 5) is 4.55. The largest absolute Gasteiger partial charge is 0.497 e. The highest BCUT2D eigenvalue weighted by atomic mass is 32.2. The average molecular weight is 278 g/mol. The molecular weight excluding hydrogens is 256 g/mol. The van der Waals surface area contributed by atoms with Crippen molar-refractivity contribution in [3.05, 3.63) is 29.8 Å². The molecule has 4 heteroatoms. The third-order valence-corrected chi connectivity index (χ3v) is 4.76. The van der Waals surface area contributed by atoms with Crippen molar-refractivity contribution in [2.75, 3.05) is 20.2 Å². The van der Waals surface area contributed by atoms with E-state index in [9.17, 15) is 0 Å². The number of rotatable bonds is 5. The summed E-state index contributed by atoms with van der Waals surface area (Å²) in [7, 11) is 1.69. The molecule has 1 unspecified atom stereocenters. The third kappa shape index (κ3) is 4.16. The predicted molar refractivity (Wildman–Crippen MR) is 83.2 cm³/mol. The van der Waals surface area contributed by atoms with Crippen LogP contribution in [0.3, 0.4) is 0 Å². The topological polar surface area (TPSA) is 33.6 Å². The lowest BCUT2D eigenvalue weighted by Crippen LogP contribution is -2.22. The number of nitrogens with zero attached hydrogens (tertiary/aromatic N) is 1. The molecule has 1 N–H and O–H groups in total. The van der Waals surface area contributed by atoms with Crippen LogP contribution >= 0.6 is 11.8 Å². The van der Waals surface area contributed by atoms with E-state index in [1.54, 1.807) is 7.11 Å². The lowest BCUT2D eigenvalue weighted by atomic mass is 10.1. The van der Waals surface area contributed by atoms with Gasteiger partial charge in [0.25, 0.3) is 0 Å². The number of nitrogens with one attached hydrogen (secondary N) is 1. The molecule has 1 aliphatic heterocycles. The molecule has 0 radical (unpaired) electrons. The molecule has 1 heterocycles. The van der Waals surface area contributed by atoms with E-state index in [4.69, 9.17) is 4.74 Å². The van der Waals surface area contributed by atoms with E-state index in [0.29, 0.717) is 11.2 Å². The van der Waals surface area contributed by atoms with Crippen molar-refractivity contribution < 1.29 is 4.74 Å². The number of aliphatic imine (C=N–C) groups is 1. The number of amidine groups is 1. The third-order valence-electron chi connectivity index (χ3n) is 3.27. The SMILES string of the molecule is COc1ccc(CCNC2=NCC(C(C)C)S2)cc1. The minimum Gasteiger partial charge on any atom is -0.497 e. The van der Waals surface area contributed by atoms with Gasteiger partial charge in [0.1, 0.15) is 5.75 Å². The quantitative estimate of drug-likeness (QED) is 0.899. The second-order valence-corrected chi connectivity index (χ2v) is 6.30. The fraction of sp³-hybridized carbons (Fsp3) is 0.533. The Morgan fingerprint density at radius 2 is 2.11 bits per heavy atom. The lowest BCUT2D eigenvalue weighted by molar-refractivity contribution is 0.414. The van der Waals surface area contributed by atoms with Gasteiger partial charge in [-0.2, -0.15) is 0 Å². The van der Waals surface area contributed by atoms with E-state index in [1.165, 1.54) is 5.56 Å². The first-order valence-corrected chi connectivity index (χ1v) is 7.65. The van der Waals surface area contributed by atoms with Crippen LogP contribution in [-0.4, -0.2) is 30.6 Å². The Bertz CT molecular complexity index is 428. The van der Waals surface area contributed by atoms with Crippen molar-refractivity contribution in [2.45, 2.75) is 25.5 Å². The molecule has 0 saturated carbocycles. The van der Waals surface area contributed by atoms with E-state index < -0.39 is 0 Å². The van der Waals surface area contributed by atoms with Gasteiger partial charge in [0.05, 0.1) is 13.7 Å². The summed E-state index contributed by atoms with van der Waals surface area (Å²) in [6.45, 7) is 6.40. The second kappa shape index (κ2) is 6.85. The molecule has 0 spiro atoms. The van der Waals surface area contributed by atoms with Crippen LogP contribution in [0.25, 0.3) is 0 Å². The second-order valence-electron chi connectivity index (χ2n) is 5.07. The number of ether oxygens (including phenoxy) is 1. The molecule has 104 valence electrons. The van der Waals surface area contributed by atoms with Gasteiger partial charge in [0.2, 0.25) is 0 Å². The summed E-state index contributed by atoms with van der Waals surface area (Å²) in [6, 6.07) is 8.24. The minimum atomic E-state index is 0.642. The van der Waals surface area contributed by atoms with Crippen LogP contribution in [0.2, 0.25) is 0 Å². The number of hydrogen-bond acceptors (Lipinski definition) is 4. The van der Waals surface area contributed by atoms with Crippen LogP contribution in [0.5, 0.6) is 5.75 Å². The van der Waals surface area contributed by atoms with Crippen molar-refractivity contribution in [1.29, 1.82) is 0 Å². The zero-order valence-corrected chi connectivity index (χ0v) is 12.7. The Balaban J connectivity index is 1.72. The molecule has 0 saturated heterocycles. The Kier molecular flexibility index (Phi) is 5.14. The number of benzene rings is 1. The fourth-order valence-corrected chi connectivity index (χ4v) is 2.98. The molecule has 3 nitrogen and oxygen atoms in total. The highest BCUT2D eigenvalue weighted by molar-refractivity contribution is 8.14. The van der Waals surface area contributed by atoms with Crippen LogP contribution in [-0.2, 0) is 6.42 Å². The normalized spacial score (nSPS) is 18.5. The molecule has 1 atom stereocenters. The molecule has 0 bridgehead atoms. The zero-order chi connectivity index (χ0) is 13.7. The van der Waals surface area contributed by atoms with Crippen LogP contribution in [0.1, 0.15) is 19.4 Å². The summed E-state index contributed by atoms with van der Waals surface area (Å²) < 4.78 is 5.15. The van der Waals surface area contributed by atoms with Crippen LogP contribution < -0.4 is 10.1 Å². The molecule has 0 aliphatic carbocycles. The van der Waals surface area contributed by atoms with Gasteiger partial charge >= 0.3 is 0 Å². The summed E-state index contributed by atoms with van der Waals surface area (Å²) in [5.74, 6) is 1.60. The van der Waals surface area contributed by atoms with E-state index in [2.05, 4.69) is 36.3 Å². The van der Waals surface area contributed by atoms with Gasteiger partial charge in [-0.3, -0.25) is 4.99 Å². The van der Waals surface area contributed by atoms with Crippen LogP contribution in [0, 0.1) is 5.92 Å². The van der Waals surface area contributed by atoms with Gasteiger partial charge in [-0.05, 0) is 30.0 Å². The Labute approximate surface area is 119 Å². The van der Waals surface area contributed by atoms with Crippen molar-refractivity contribution >= 4 is 16.9 Å². The maximum absolute atomic E-state index is 5.15. The molecule has 19 heavy (non-hydrogen) atoms. The smallest absolute Gasteiger partial charge is 0.156 e. The first-order valence-electron chi connectivity index (χ1n) is 6.77. The predicted octanol–water partition coefficient (Wildman–Crippen LogP) is 2.95. The number of thioether (sulfide) groups is 1. The van der Waals surface area contributed by atoms with Gasteiger partial charge in [0.15, 0.2) is 5.17 Å². The van der Waals surface area contributed by atoms with Gasteiger partial charge in [0, 0.05) is 11.8 Å². The highest BCUT2D eigenvalue weighted by Gasteiger charge is 2.21. The maximum atomic E-state index is 5.15. The number of methoxy groups -OCH3 is 1. The maximum Gasteiger partial charge on any atom is 0.156 e. The van der Waals surface area contributed by atoms with Gasteiger partial charge in [-0.15, -0.1) is 0 Å². The molecule has 1 aromatic rings. The van der Waals surface area contributed by atoms with E-state index in [1.807, 2.05) is 23.9 Å². The van der Waals surface area contributed by atoms with E-state index >= 15 is 0 Å². The van der Waals surface area contributed by atoms with Gasteiger partial charge in [-0.1, -0.05) is 37.7 Å². The fourth-order valence-electron chi connectivity index (χ4n) is 1.94. The van der Waals surface area contributed by atoms with E-state index in [0.717, 1.165) is 30.4 Å². The van der Waals surface area contributed by atoms with E-state index in [-0.39, 0.29) is 0 Å². The minimum absolute atomic E-state index is 0.642. The van der Waals surface area contributed by atoms with Gasteiger partial charge in [-0.25, -0.2) is 0 Å². The Hall–Kier alpha value is -1.16. The lowest BCUT2D eigenvalue weighted by Gasteiger charge is -2.12. The number of hydrogen-bond donors (Lipinski definition) is 1. The molecule has 0 aromatic heterocycles. The highest BCUT2D eigenvalue weighted by Crippen LogP contribution is 2.25. The molecule has 0 amide bonds. The van der Waals surface area contributed by atoms with Crippen molar-refractivity contribution in [3.63, 3.8) is 0 Å². The monoisotopic (exact) mass is 278 g/mol. The Morgan fingerprint density at radius 3 is 2.68 bits per heavy atom. The summed E-state index contributed by atoms with van der Waals surface area (Å²) in [5, 5.41) is 5.17. The summed E-state index contributed by atoms with van der Waals surface area (Å²) in [5.41, 5.74) is 1.32. The molecule has 1 aromatic carbocycles. The van der Waals surface area contributed by atoms with Crippen molar-refractivity contribution in [3.8, 4) is 5.75 Å².